The number of para-hydroxylation sites is 1. The lowest BCUT2D eigenvalue weighted by molar-refractivity contribution is 0.583. The maximum Gasteiger partial charge on any atom is 0.164 e. The molecule has 1 aliphatic carbocycles. The molecule has 0 saturated heterocycles. The molecule has 0 aliphatic heterocycles. The minimum atomic E-state index is 0.360. The van der Waals surface area contributed by atoms with Gasteiger partial charge in [0, 0.05) is 12.4 Å². The highest BCUT2D eigenvalue weighted by Crippen LogP contribution is 2.22. The number of benzene rings is 1. The Morgan fingerprint density at radius 1 is 1.24 bits per heavy atom. The van der Waals surface area contributed by atoms with Crippen LogP contribution in [0.3, 0.4) is 0 Å². The monoisotopic (exact) mass is 285 g/mol. The van der Waals surface area contributed by atoms with Gasteiger partial charge in [-0.1, -0.05) is 43.9 Å². The van der Waals surface area contributed by atoms with Gasteiger partial charge in [-0.05, 0) is 18.9 Å². The van der Waals surface area contributed by atoms with Gasteiger partial charge in [0.25, 0.3) is 0 Å². The Morgan fingerprint density at radius 2 is 1.95 bits per heavy atom. The number of fused-ring (bicyclic) bond motifs is 1. The van der Waals surface area contributed by atoms with E-state index in [1.54, 1.807) is 0 Å². The molecule has 112 valence electrons. The van der Waals surface area contributed by atoms with Crippen molar-refractivity contribution < 1.29 is 0 Å². The first-order chi connectivity index (χ1) is 10.3. The van der Waals surface area contributed by atoms with E-state index in [0.717, 1.165) is 29.4 Å². The maximum absolute atomic E-state index is 5.73. The number of rotatable bonds is 2. The molecular formula is C16H23N5. The lowest BCUT2D eigenvalue weighted by atomic mass is 10.1. The van der Waals surface area contributed by atoms with E-state index in [0.29, 0.717) is 11.9 Å². The van der Waals surface area contributed by atoms with Gasteiger partial charge in [0.2, 0.25) is 0 Å². The minimum Gasteiger partial charge on any atom is -0.307 e. The molecule has 5 heteroatoms. The van der Waals surface area contributed by atoms with Gasteiger partial charge in [-0.2, -0.15) is 5.10 Å². The van der Waals surface area contributed by atoms with Crippen LogP contribution >= 0.6 is 0 Å². The molecule has 1 aromatic heterocycles. The average Bonchev–Trinajstić information content (AvgIpc) is 2.69. The number of hydrazine groups is 1. The third-order valence-corrected chi connectivity index (χ3v) is 4.26. The van der Waals surface area contributed by atoms with Crippen molar-refractivity contribution in [3.8, 4) is 0 Å². The Morgan fingerprint density at radius 3 is 2.67 bits per heavy atom. The molecule has 1 heterocycles. The maximum atomic E-state index is 5.73. The zero-order valence-corrected chi connectivity index (χ0v) is 12.5. The van der Waals surface area contributed by atoms with Crippen LogP contribution in [0.2, 0.25) is 0 Å². The quantitative estimate of drug-likeness (QED) is 0.293. The first kappa shape index (κ1) is 14.1. The van der Waals surface area contributed by atoms with Crippen LogP contribution in [0.15, 0.2) is 29.3 Å². The molecule has 2 aromatic rings. The third-order valence-electron chi connectivity index (χ3n) is 4.26. The van der Waals surface area contributed by atoms with Crippen molar-refractivity contribution in [1.29, 1.82) is 0 Å². The minimum absolute atomic E-state index is 0.360. The van der Waals surface area contributed by atoms with Gasteiger partial charge in [-0.3, -0.25) is 9.67 Å². The SMILES string of the molecule is Cn1nc(C(=NC2CCCCCC2)NN)c2ccccc21. The lowest BCUT2D eigenvalue weighted by Gasteiger charge is -2.11. The van der Waals surface area contributed by atoms with Crippen LogP contribution in [0.1, 0.15) is 44.2 Å². The number of hydrogen-bond acceptors (Lipinski definition) is 3. The van der Waals surface area contributed by atoms with Crippen molar-refractivity contribution in [2.45, 2.75) is 44.6 Å². The summed E-state index contributed by atoms with van der Waals surface area (Å²) in [6, 6.07) is 8.53. The Labute approximate surface area is 125 Å². The van der Waals surface area contributed by atoms with Crippen molar-refractivity contribution in [2.75, 3.05) is 0 Å². The molecule has 21 heavy (non-hydrogen) atoms. The second-order valence-electron chi connectivity index (χ2n) is 5.76. The third kappa shape index (κ3) is 2.93. The average molecular weight is 285 g/mol. The molecule has 3 N–H and O–H groups in total. The summed E-state index contributed by atoms with van der Waals surface area (Å²) in [4.78, 5) is 4.85. The molecule has 5 nitrogen and oxygen atoms in total. The van der Waals surface area contributed by atoms with Crippen molar-refractivity contribution in [3.63, 3.8) is 0 Å². The van der Waals surface area contributed by atoms with Gasteiger partial charge < -0.3 is 5.43 Å². The van der Waals surface area contributed by atoms with Crippen LogP contribution in [0.25, 0.3) is 10.9 Å². The molecule has 0 radical (unpaired) electrons. The van der Waals surface area contributed by atoms with Gasteiger partial charge in [0.05, 0.1) is 11.6 Å². The molecule has 1 saturated carbocycles. The number of nitrogens with one attached hydrogen (secondary N) is 1. The van der Waals surface area contributed by atoms with E-state index in [-0.39, 0.29) is 0 Å². The summed E-state index contributed by atoms with van der Waals surface area (Å²) in [5, 5.41) is 5.68. The predicted octanol–water partition coefficient (Wildman–Crippen LogP) is 2.51. The Bertz CT molecular complexity index is 635. The summed E-state index contributed by atoms with van der Waals surface area (Å²) < 4.78 is 1.88. The Balaban J connectivity index is 1.97. The van der Waals surface area contributed by atoms with Crippen LogP contribution in [0.4, 0.5) is 0 Å². The fourth-order valence-electron chi connectivity index (χ4n) is 3.12. The van der Waals surface area contributed by atoms with Gasteiger partial charge in [-0.25, -0.2) is 5.84 Å². The summed E-state index contributed by atoms with van der Waals surface area (Å²) in [6.07, 6.45) is 7.46. The van der Waals surface area contributed by atoms with E-state index in [1.807, 2.05) is 23.9 Å². The molecule has 0 amide bonds. The predicted molar refractivity (Wildman–Crippen MR) is 86.1 cm³/mol. The van der Waals surface area contributed by atoms with Crippen LogP contribution < -0.4 is 11.3 Å². The Kier molecular flexibility index (Phi) is 4.20. The van der Waals surface area contributed by atoms with Crippen LogP contribution in [0, 0.1) is 0 Å². The smallest absolute Gasteiger partial charge is 0.164 e. The summed E-state index contributed by atoms with van der Waals surface area (Å²) in [5.74, 6) is 6.44. The molecule has 0 bridgehead atoms. The molecular weight excluding hydrogens is 262 g/mol. The Hall–Kier alpha value is -1.88. The standard InChI is InChI=1S/C16H23N5/c1-21-14-11-7-6-10-13(14)15(20-21)16(19-17)18-12-8-4-2-3-5-9-12/h6-7,10-12H,2-5,8-9,17H2,1H3,(H,18,19). The second kappa shape index (κ2) is 6.26. The lowest BCUT2D eigenvalue weighted by Crippen LogP contribution is -2.33. The largest absolute Gasteiger partial charge is 0.307 e. The number of hydrogen-bond donors (Lipinski definition) is 2. The number of aromatic nitrogens is 2. The number of nitrogens with two attached hydrogens (primary N) is 1. The highest BCUT2D eigenvalue weighted by molar-refractivity contribution is 6.07. The van der Waals surface area contributed by atoms with Crippen LogP contribution in [-0.2, 0) is 7.05 Å². The zero-order chi connectivity index (χ0) is 14.7. The first-order valence-electron chi connectivity index (χ1n) is 7.76. The highest BCUT2D eigenvalue weighted by Gasteiger charge is 2.16. The molecule has 1 aliphatic rings. The van der Waals surface area contributed by atoms with Gasteiger partial charge >= 0.3 is 0 Å². The molecule has 1 aromatic carbocycles. The fraction of sp³-hybridized carbons (Fsp3) is 0.500. The number of aryl methyl sites for hydroxylation is 1. The van der Waals surface area contributed by atoms with E-state index in [2.05, 4.69) is 22.7 Å². The number of nitrogens with zero attached hydrogens (tertiary/aromatic N) is 3. The normalized spacial score (nSPS) is 17.9. The van der Waals surface area contributed by atoms with Crippen molar-refractivity contribution in [2.24, 2.45) is 17.9 Å². The van der Waals surface area contributed by atoms with E-state index in [1.165, 1.54) is 25.7 Å². The summed E-state index contributed by atoms with van der Waals surface area (Å²) in [7, 11) is 1.95. The van der Waals surface area contributed by atoms with E-state index in [4.69, 9.17) is 10.8 Å². The molecule has 0 atom stereocenters. The number of amidine groups is 1. The molecule has 3 rings (SSSR count). The fourth-order valence-corrected chi connectivity index (χ4v) is 3.12. The second-order valence-corrected chi connectivity index (χ2v) is 5.76. The molecule has 0 spiro atoms. The van der Waals surface area contributed by atoms with Crippen LogP contribution in [0.5, 0.6) is 0 Å². The van der Waals surface area contributed by atoms with E-state index < -0.39 is 0 Å². The molecule has 0 unspecified atom stereocenters. The molecule has 1 fully saturated rings. The summed E-state index contributed by atoms with van der Waals surface area (Å²) >= 11 is 0. The van der Waals surface area contributed by atoms with Gasteiger partial charge in [0.1, 0.15) is 5.69 Å². The highest BCUT2D eigenvalue weighted by atomic mass is 15.3. The van der Waals surface area contributed by atoms with Gasteiger partial charge in [0.15, 0.2) is 5.84 Å². The van der Waals surface area contributed by atoms with Crippen molar-refractivity contribution >= 4 is 16.7 Å². The summed E-state index contributed by atoms with van der Waals surface area (Å²) in [5.41, 5.74) is 4.71. The number of aliphatic imine (C=N–C) groups is 1. The topological polar surface area (TPSA) is 68.2 Å². The van der Waals surface area contributed by atoms with Crippen LogP contribution in [-0.4, -0.2) is 21.7 Å². The van der Waals surface area contributed by atoms with E-state index >= 15 is 0 Å². The summed E-state index contributed by atoms with van der Waals surface area (Å²) in [6.45, 7) is 0. The van der Waals surface area contributed by atoms with Crippen molar-refractivity contribution in [3.05, 3.63) is 30.0 Å². The first-order valence-corrected chi connectivity index (χ1v) is 7.76. The van der Waals surface area contributed by atoms with Gasteiger partial charge in [-0.15, -0.1) is 0 Å². The van der Waals surface area contributed by atoms with E-state index in [9.17, 15) is 0 Å². The van der Waals surface area contributed by atoms with Crippen molar-refractivity contribution in [1.82, 2.24) is 15.2 Å². The zero-order valence-electron chi connectivity index (χ0n) is 12.5.